The average Bonchev–Trinajstić information content (AvgIpc) is 2.45. The first-order valence-corrected chi connectivity index (χ1v) is 7.03. The zero-order chi connectivity index (χ0) is 15.4. The third kappa shape index (κ3) is 3.92. The summed E-state index contributed by atoms with van der Waals surface area (Å²) in [6, 6.07) is 13.3. The number of halogens is 1. The van der Waals surface area contributed by atoms with Crippen LogP contribution in [-0.4, -0.2) is 11.6 Å². The van der Waals surface area contributed by atoms with Gasteiger partial charge in [-0.3, -0.25) is 4.79 Å². The number of nitrogens with zero attached hydrogens (tertiary/aromatic N) is 1. The van der Waals surface area contributed by atoms with Gasteiger partial charge in [-0.2, -0.15) is 5.10 Å². The highest BCUT2D eigenvalue weighted by molar-refractivity contribution is 6.33. The molecule has 0 bridgehead atoms. The zero-order valence-corrected chi connectivity index (χ0v) is 13.0. The fourth-order valence-electron chi connectivity index (χ4n) is 1.86. The van der Waals surface area contributed by atoms with Crippen LogP contribution in [0.2, 0.25) is 5.02 Å². The van der Waals surface area contributed by atoms with Crippen molar-refractivity contribution in [3.8, 4) is 0 Å². The lowest BCUT2D eigenvalue weighted by molar-refractivity contribution is 0.0955. The molecule has 0 aliphatic carbocycles. The summed E-state index contributed by atoms with van der Waals surface area (Å²) in [4.78, 5) is 12.1. The zero-order valence-electron chi connectivity index (χ0n) is 12.3. The van der Waals surface area contributed by atoms with E-state index in [2.05, 4.69) is 10.5 Å². The van der Waals surface area contributed by atoms with Gasteiger partial charge in [0.1, 0.15) is 0 Å². The largest absolute Gasteiger partial charge is 0.272 e. The lowest BCUT2D eigenvalue weighted by Crippen LogP contribution is -2.19. The molecule has 0 saturated heterocycles. The van der Waals surface area contributed by atoms with E-state index < -0.39 is 0 Å². The quantitative estimate of drug-likeness (QED) is 0.672. The molecule has 3 nitrogen and oxygen atoms in total. The Hall–Kier alpha value is -2.13. The molecule has 0 atom stereocenters. The summed E-state index contributed by atoms with van der Waals surface area (Å²) in [7, 11) is 0. The lowest BCUT2D eigenvalue weighted by Gasteiger charge is -2.05. The SMILES string of the molecule is C/C(=N/NC(=O)c1ccc(C)cc1Cl)c1ccc(C)cc1. The number of carbonyl (C=O) groups excluding carboxylic acids is 1. The smallest absolute Gasteiger partial charge is 0.267 e. The minimum absolute atomic E-state index is 0.313. The van der Waals surface area contributed by atoms with E-state index in [9.17, 15) is 4.79 Å². The van der Waals surface area contributed by atoms with Gasteiger partial charge in [0.05, 0.1) is 16.3 Å². The molecule has 4 heteroatoms. The fourth-order valence-corrected chi connectivity index (χ4v) is 2.18. The van der Waals surface area contributed by atoms with Gasteiger partial charge in [-0.25, -0.2) is 5.43 Å². The molecule has 0 aliphatic heterocycles. The fraction of sp³-hybridized carbons (Fsp3) is 0.176. The number of hydrazone groups is 1. The van der Waals surface area contributed by atoms with Crippen molar-refractivity contribution in [1.82, 2.24) is 5.43 Å². The van der Waals surface area contributed by atoms with E-state index >= 15 is 0 Å². The number of amides is 1. The summed E-state index contributed by atoms with van der Waals surface area (Å²) >= 11 is 6.06. The monoisotopic (exact) mass is 300 g/mol. The number of hydrogen-bond donors (Lipinski definition) is 1. The van der Waals surface area contributed by atoms with Crippen LogP contribution in [0.1, 0.15) is 34.0 Å². The first-order chi connectivity index (χ1) is 9.97. The van der Waals surface area contributed by atoms with Crippen LogP contribution in [0.3, 0.4) is 0 Å². The molecule has 108 valence electrons. The maximum Gasteiger partial charge on any atom is 0.272 e. The first-order valence-electron chi connectivity index (χ1n) is 6.65. The maximum absolute atomic E-state index is 12.1. The van der Waals surface area contributed by atoms with E-state index in [4.69, 9.17) is 11.6 Å². The summed E-state index contributed by atoms with van der Waals surface area (Å²) in [6.07, 6.45) is 0. The Morgan fingerprint density at radius 2 is 1.67 bits per heavy atom. The molecule has 2 aromatic carbocycles. The minimum Gasteiger partial charge on any atom is -0.267 e. The van der Waals surface area contributed by atoms with Crippen molar-refractivity contribution in [2.24, 2.45) is 5.10 Å². The van der Waals surface area contributed by atoms with Crippen molar-refractivity contribution in [3.63, 3.8) is 0 Å². The summed E-state index contributed by atoms with van der Waals surface area (Å²) in [5.41, 5.74) is 6.86. The Balaban J connectivity index is 2.12. The van der Waals surface area contributed by atoms with Crippen LogP contribution >= 0.6 is 11.6 Å². The molecule has 21 heavy (non-hydrogen) atoms. The van der Waals surface area contributed by atoms with Crippen molar-refractivity contribution in [2.45, 2.75) is 20.8 Å². The Morgan fingerprint density at radius 1 is 1.05 bits per heavy atom. The van der Waals surface area contributed by atoms with Crippen molar-refractivity contribution in [3.05, 3.63) is 69.7 Å². The van der Waals surface area contributed by atoms with Crippen molar-refractivity contribution < 1.29 is 4.79 Å². The second-order valence-electron chi connectivity index (χ2n) is 4.99. The van der Waals surface area contributed by atoms with Crippen LogP contribution in [0, 0.1) is 13.8 Å². The molecule has 0 unspecified atom stereocenters. The van der Waals surface area contributed by atoms with E-state index in [-0.39, 0.29) is 5.91 Å². The Labute approximate surface area is 129 Å². The van der Waals surface area contributed by atoms with Crippen LogP contribution in [0.25, 0.3) is 0 Å². The van der Waals surface area contributed by atoms with Crippen LogP contribution in [0.15, 0.2) is 47.6 Å². The van der Waals surface area contributed by atoms with E-state index in [1.54, 1.807) is 12.1 Å². The highest BCUT2D eigenvalue weighted by Gasteiger charge is 2.09. The number of nitrogens with one attached hydrogen (secondary N) is 1. The van der Waals surface area contributed by atoms with Crippen molar-refractivity contribution >= 4 is 23.2 Å². The number of aryl methyl sites for hydroxylation is 2. The van der Waals surface area contributed by atoms with E-state index in [0.717, 1.165) is 16.8 Å². The lowest BCUT2D eigenvalue weighted by atomic mass is 10.1. The molecule has 1 amide bonds. The molecule has 2 aromatic rings. The van der Waals surface area contributed by atoms with Gasteiger partial charge < -0.3 is 0 Å². The van der Waals surface area contributed by atoms with Crippen molar-refractivity contribution in [1.29, 1.82) is 0 Å². The van der Waals surface area contributed by atoms with Gasteiger partial charge in [-0.15, -0.1) is 0 Å². The number of hydrogen-bond acceptors (Lipinski definition) is 2. The van der Waals surface area contributed by atoms with Gasteiger partial charge in [-0.05, 0) is 44.0 Å². The van der Waals surface area contributed by atoms with Crippen LogP contribution in [-0.2, 0) is 0 Å². The van der Waals surface area contributed by atoms with E-state index in [0.29, 0.717) is 10.6 Å². The molecule has 1 N–H and O–H groups in total. The van der Waals surface area contributed by atoms with Gasteiger partial charge in [0, 0.05) is 0 Å². The molecular weight excluding hydrogens is 284 g/mol. The maximum atomic E-state index is 12.1. The van der Waals surface area contributed by atoms with Gasteiger partial charge >= 0.3 is 0 Å². The van der Waals surface area contributed by atoms with Gasteiger partial charge in [-0.1, -0.05) is 47.5 Å². The molecule has 2 rings (SSSR count). The Bertz CT molecular complexity index is 690. The predicted octanol–water partition coefficient (Wildman–Crippen LogP) is 4.11. The number of benzene rings is 2. The Kier molecular flexibility index (Phi) is 4.76. The molecule has 0 heterocycles. The van der Waals surface area contributed by atoms with E-state index in [1.165, 1.54) is 5.56 Å². The first kappa shape index (κ1) is 15.3. The van der Waals surface area contributed by atoms with Crippen LogP contribution < -0.4 is 5.43 Å². The standard InChI is InChI=1S/C17H17ClN2O/c1-11-4-7-14(8-5-11)13(3)19-20-17(21)15-9-6-12(2)10-16(15)18/h4-10H,1-3H3,(H,20,21)/b19-13-. The summed E-state index contributed by atoms with van der Waals surface area (Å²) in [6.45, 7) is 5.80. The third-order valence-electron chi connectivity index (χ3n) is 3.16. The predicted molar refractivity (Wildman–Crippen MR) is 87.0 cm³/mol. The van der Waals surface area contributed by atoms with E-state index in [1.807, 2.05) is 51.1 Å². The molecule has 0 fully saturated rings. The average molecular weight is 301 g/mol. The summed E-state index contributed by atoms with van der Waals surface area (Å²) in [5.74, 6) is -0.313. The molecule has 0 spiro atoms. The normalized spacial score (nSPS) is 11.3. The topological polar surface area (TPSA) is 41.5 Å². The van der Waals surface area contributed by atoms with Gasteiger partial charge in [0.25, 0.3) is 5.91 Å². The third-order valence-corrected chi connectivity index (χ3v) is 3.48. The number of carbonyl (C=O) groups is 1. The molecular formula is C17H17ClN2O. The van der Waals surface area contributed by atoms with Crippen LogP contribution in [0.4, 0.5) is 0 Å². The minimum atomic E-state index is -0.313. The molecule has 0 saturated carbocycles. The van der Waals surface area contributed by atoms with Gasteiger partial charge in [0.15, 0.2) is 0 Å². The highest BCUT2D eigenvalue weighted by Crippen LogP contribution is 2.17. The second kappa shape index (κ2) is 6.55. The molecule has 0 radical (unpaired) electrons. The summed E-state index contributed by atoms with van der Waals surface area (Å²) < 4.78 is 0. The summed E-state index contributed by atoms with van der Waals surface area (Å²) in [5, 5.41) is 4.55. The highest BCUT2D eigenvalue weighted by atomic mass is 35.5. The second-order valence-corrected chi connectivity index (χ2v) is 5.39. The van der Waals surface area contributed by atoms with Crippen LogP contribution in [0.5, 0.6) is 0 Å². The van der Waals surface area contributed by atoms with Crippen molar-refractivity contribution in [2.75, 3.05) is 0 Å². The van der Waals surface area contributed by atoms with Gasteiger partial charge in [0.2, 0.25) is 0 Å². The Morgan fingerprint density at radius 3 is 2.29 bits per heavy atom. The molecule has 0 aliphatic rings. The number of rotatable bonds is 3. The molecule has 0 aromatic heterocycles.